The lowest BCUT2D eigenvalue weighted by molar-refractivity contribution is -0.114. The molecule has 126 valence electrons. The number of benzene rings is 2. The molecule has 0 aliphatic rings. The van der Waals surface area contributed by atoms with Crippen LogP contribution >= 0.6 is 0 Å². The molecule has 0 saturated heterocycles. The molecule has 4 N–H and O–H groups in total. The van der Waals surface area contributed by atoms with Gasteiger partial charge in [0.2, 0.25) is 5.91 Å². The normalized spacial score (nSPS) is 11.0. The van der Waals surface area contributed by atoms with Crippen LogP contribution < -0.4 is 21.1 Å². The molecule has 1 amide bonds. The molecule has 24 heavy (non-hydrogen) atoms. The Morgan fingerprint density at radius 1 is 1.12 bits per heavy atom. The summed E-state index contributed by atoms with van der Waals surface area (Å²) in [4.78, 5) is 15.3. The topological polar surface area (TPSA) is 88.7 Å². The van der Waals surface area contributed by atoms with E-state index in [0.29, 0.717) is 12.5 Å². The molecule has 0 unspecified atom stereocenters. The summed E-state index contributed by atoms with van der Waals surface area (Å²) in [5.74, 6) is 1.04. The van der Waals surface area contributed by atoms with Gasteiger partial charge in [-0.2, -0.15) is 0 Å². The fourth-order valence-corrected chi connectivity index (χ4v) is 2.15. The van der Waals surface area contributed by atoms with E-state index in [4.69, 9.17) is 10.5 Å². The van der Waals surface area contributed by atoms with Gasteiger partial charge in [-0.1, -0.05) is 18.2 Å². The van der Waals surface area contributed by atoms with Crippen molar-refractivity contribution in [3.8, 4) is 5.75 Å². The fraction of sp³-hybridized carbons (Fsp3) is 0.222. The molecule has 0 aliphatic carbocycles. The largest absolute Gasteiger partial charge is 0.497 e. The average molecular weight is 326 g/mol. The Morgan fingerprint density at radius 3 is 2.54 bits per heavy atom. The lowest BCUT2D eigenvalue weighted by Gasteiger charge is -2.07. The number of carbonyl (C=O) groups is 1. The van der Waals surface area contributed by atoms with Gasteiger partial charge in [-0.25, -0.2) is 0 Å². The zero-order chi connectivity index (χ0) is 17.4. The number of methoxy groups -OCH3 is 1. The predicted molar refractivity (Wildman–Crippen MR) is 97.6 cm³/mol. The van der Waals surface area contributed by atoms with Gasteiger partial charge in [0.15, 0.2) is 5.96 Å². The Kier molecular flexibility index (Phi) is 6.19. The Morgan fingerprint density at radius 2 is 1.88 bits per heavy atom. The van der Waals surface area contributed by atoms with E-state index < -0.39 is 0 Å². The summed E-state index contributed by atoms with van der Waals surface area (Å²) < 4.78 is 5.16. The van der Waals surface area contributed by atoms with Gasteiger partial charge in [-0.15, -0.1) is 0 Å². The summed E-state index contributed by atoms with van der Waals surface area (Å²) in [6, 6.07) is 15.2. The number of amides is 1. The third kappa shape index (κ3) is 5.64. The van der Waals surface area contributed by atoms with Crippen LogP contribution in [0.15, 0.2) is 53.5 Å². The van der Waals surface area contributed by atoms with Crippen molar-refractivity contribution in [3.63, 3.8) is 0 Å². The third-order valence-electron chi connectivity index (χ3n) is 3.30. The molecule has 0 atom stereocenters. The van der Waals surface area contributed by atoms with Crippen LogP contribution in [0.1, 0.15) is 12.5 Å². The predicted octanol–water partition coefficient (Wildman–Crippen LogP) is 2.62. The fourth-order valence-electron chi connectivity index (χ4n) is 2.15. The number of hydrogen-bond donors (Lipinski definition) is 3. The minimum absolute atomic E-state index is 0.0799. The molecule has 2 rings (SSSR count). The Balaban J connectivity index is 1.85. The number of rotatable bonds is 6. The van der Waals surface area contributed by atoms with E-state index in [1.54, 1.807) is 7.11 Å². The minimum atomic E-state index is -0.0799. The first-order valence-corrected chi connectivity index (χ1v) is 7.64. The molecular weight excluding hydrogens is 304 g/mol. The molecular formula is C18H22N4O2. The van der Waals surface area contributed by atoms with Gasteiger partial charge in [-0.3, -0.25) is 9.79 Å². The first kappa shape index (κ1) is 17.3. The molecule has 6 nitrogen and oxygen atoms in total. The quantitative estimate of drug-likeness (QED) is 0.562. The van der Waals surface area contributed by atoms with Crippen LogP contribution in [-0.4, -0.2) is 25.5 Å². The van der Waals surface area contributed by atoms with Crippen LogP contribution in [0.3, 0.4) is 0 Å². The highest BCUT2D eigenvalue weighted by Crippen LogP contribution is 2.16. The monoisotopic (exact) mass is 326 g/mol. The maximum Gasteiger partial charge on any atom is 0.221 e. The highest BCUT2D eigenvalue weighted by Gasteiger charge is 1.99. The number of anilines is 2. The molecule has 2 aromatic carbocycles. The average Bonchev–Trinajstić information content (AvgIpc) is 2.56. The second-order valence-corrected chi connectivity index (χ2v) is 5.25. The highest BCUT2D eigenvalue weighted by atomic mass is 16.5. The Hall–Kier alpha value is -3.02. The van der Waals surface area contributed by atoms with E-state index >= 15 is 0 Å². The summed E-state index contributed by atoms with van der Waals surface area (Å²) >= 11 is 0. The highest BCUT2D eigenvalue weighted by molar-refractivity contribution is 5.92. The number of hydrogen-bond acceptors (Lipinski definition) is 3. The van der Waals surface area contributed by atoms with Crippen molar-refractivity contribution in [3.05, 3.63) is 54.1 Å². The van der Waals surface area contributed by atoms with E-state index in [1.165, 1.54) is 6.92 Å². The summed E-state index contributed by atoms with van der Waals surface area (Å²) in [6.07, 6.45) is 0.765. The van der Waals surface area contributed by atoms with Crippen LogP contribution in [0, 0.1) is 0 Å². The van der Waals surface area contributed by atoms with Gasteiger partial charge in [0.25, 0.3) is 0 Å². The molecule has 6 heteroatoms. The molecule has 0 bridgehead atoms. The van der Waals surface area contributed by atoms with Crippen LogP contribution in [-0.2, 0) is 11.2 Å². The summed E-state index contributed by atoms with van der Waals surface area (Å²) in [5.41, 5.74) is 8.63. The van der Waals surface area contributed by atoms with Crippen molar-refractivity contribution in [2.75, 3.05) is 24.3 Å². The summed E-state index contributed by atoms with van der Waals surface area (Å²) in [7, 11) is 1.62. The second kappa shape index (κ2) is 8.57. The van der Waals surface area contributed by atoms with Crippen molar-refractivity contribution >= 4 is 23.2 Å². The number of ether oxygens (including phenoxy) is 1. The number of nitrogens with two attached hydrogens (primary N) is 1. The smallest absolute Gasteiger partial charge is 0.221 e. The minimum Gasteiger partial charge on any atom is -0.497 e. The molecule has 0 radical (unpaired) electrons. The van der Waals surface area contributed by atoms with Crippen LogP contribution in [0.5, 0.6) is 5.75 Å². The van der Waals surface area contributed by atoms with Crippen molar-refractivity contribution in [1.29, 1.82) is 0 Å². The van der Waals surface area contributed by atoms with Gasteiger partial charge >= 0.3 is 0 Å². The maximum atomic E-state index is 11.0. The first-order valence-electron chi connectivity index (χ1n) is 7.64. The Labute approximate surface area is 141 Å². The summed E-state index contributed by atoms with van der Waals surface area (Å²) in [5, 5.41) is 5.77. The van der Waals surface area contributed by atoms with Gasteiger partial charge in [0, 0.05) is 30.9 Å². The zero-order valence-electron chi connectivity index (χ0n) is 13.9. The maximum absolute atomic E-state index is 11.0. The number of guanidine groups is 1. The van der Waals surface area contributed by atoms with Crippen LogP contribution in [0.25, 0.3) is 0 Å². The second-order valence-electron chi connectivity index (χ2n) is 5.25. The SMILES string of the molecule is COc1cccc(NC(N)=NCCc2ccc(NC(C)=O)cc2)c1. The lowest BCUT2D eigenvalue weighted by Crippen LogP contribution is -2.23. The number of aliphatic imine (C=N–C) groups is 1. The molecule has 0 aromatic heterocycles. The van der Waals surface area contributed by atoms with Crippen molar-refractivity contribution in [2.45, 2.75) is 13.3 Å². The molecule has 0 aliphatic heterocycles. The number of nitrogens with one attached hydrogen (secondary N) is 2. The van der Waals surface area contributed by atoms with Crippen LogP contribution in [0.2, 0.25) is 0 Å². The van der Waals surface area contributed by atoms with Gasteiger partial charge in [0.1, 0.15) is 5.75 Å². The van der Waals surface area contributed by atoms with Crippen LogP contribution in [0.4, 0.5) is 11.4 Å². The molecule has 0 spiro atoms. The molecule has 0 heterocycles. The molecule has 0 saturated carbocycles. The number of nitrogens with zero attached hydrogens (tertiary/aromatic N) is 1. The van der Waals surface area contributed by atoms with Gasteiger partial charge in [-0.05, 0) is 36.2 Å². The standard InChI is InChI=1S/C18H22N4O2/c1-13(23)21-15-8-6-14(7-9-15)10-11-20-18(19)22-16-4-3-5-17(12-16)24-2/h3-9,12H,10-11H2,1-2H3,(H,21,23)(H3,19,20,22). The van der Waals surface area contributed by atoms with Crippen molar-refractivity contribution in [1.82, 2.24) is 0 Å². The van der Waals surface area contributed by atoms with E-state index in [9.17, 15) is 4.79 Å². The zero-order valence-corrected chi connectivity index (χ0v) is 13.9. The molecule has 2 aromatic rings. The summed E-state index contributed by atoms with van der Waals surface area (Å²) in [6.45, 7) is 2.06. The third-order valence-corrected chi connectivity index (χ3v) is 3.30. The van der Waals surface area contributed by atoms with E-state index in [1.807, 2.05) is 48.5 Å². The molecule has 0 fully saturated rings. The first-order chi connectivity index (χ1) is 11.6. The van der Waals surface area contributed by atoms with E-state index in [0.717, 1.165) is 29.1 Å². The van der Waals surface area contributed by atoms with Gasteiger partial charge in [0.05, 0.1) is 7.11 Å². The lowest BCUT2D eigenvalue weighted by atomic mass is 10.1. The number of carbonyl (C=O) groups excluding carboxylic acids is 1. The van der Waals surface area contributed by atoms with E-state index in [-0.39, 0.29) is 5.91 Å². The van der Waals surface area contributed by atoms with Gasteiger partial charge < -0.3 is 21.1 Å². The van der Waals surface area contributed by atoms with Crippen molar-refractivity contribution < 1.29 is 9.53 Å². The van der Waals surface area contributed by atoms with E-state index in [2.05, 4.69) is 15.6 Å². The Bertz CT molecular complexity index is 711. The van der Waals surface area contributed by atoms with Crippen molar-refractivity contribution in [2.24, 2.45) is 10.7 Å².